The molecule has 158 valence electrons. The number of methoxy groups -OCH3 is 2. The number of carbonyl (C=O) groups excluding carboxylic acids is 2. The quantitative estimate of drug-likeness (QED) is 0.736. The van der Waals surface area contributed by atoms with Crippen molar-refractivity contribution in [3.8, 4) is 11.5 Å². The van der Waals surface area contributed by atoms with Gasteiger partial charge in [0.05, 0.1) is 52.5 Å². The number of benzene rings is 2. The van der Waals surface area contributed by atoms with Gasteiger partial charge in [-0.1, -0.05) is 0 Å². The van der Waals surface area contributed by atoms with Gasteiger partial charge in [0.1, 0.15) is 17.3 Å². The minimum absolute atomic E-state index is 0.172. The monoisotopic (exact) mass is 414 g/mol. The number of hydrogen-bond donors (Lipinski definition) is 1. The lowest BCUT2D eigenvalue weighted by Gasteiger charge is -2.35. The van der Waals surface area contributed by atoms with E-state index in [-0.39, 0.29) is 24.1 Å². The minimum Gasteiger partial charge on any atom is -0.497 e. The van der Waals surface area contributed by atoms with Crippen LogP contribution in [0.4, 0.5) is 15.8 Å². The van der Waals surface area contributed by atoms with Gasteiger partial charge in [-0.2, -0.15) is 0 Å². The number of ether oxygens (including phenoxy) is 2. The third-order valence-corrected chi connectivity index (χ3v) is 5.86. The smallest absolute Gasteiger partial charge is 0.292 e. The predicted molar refractivity (Wildman–Crippen MR) is 110 cm³/mol. The Morgan fingerprint density at radius 1 is 1.00 bits per heavy atom. The molecule has 2 aromatic rings. The van der Waals surface area contributed by atoms with Crippen molar-refractivity contribution < 1.29 is 28.4 Å². The number of nitrogens with one attached hydrogen (secondary N) is 1. The lowest BCUT2D eigenvalue weighted by molar-refractivity contribution is -0.915. The fraction of sp³-hybridized carbons (Fsp3) is 0.364. The van der Waals surface area contributed by atoms with Crippen molar-refractivity contribution >= 4 is 23.2 Å². The summed E-state index contributed by atoms with van der Waals surface area (Å²) in [4.78, 5) is 30.5. The molecule has 0 bridgehead atoms. The molecule has 1 N–H and O–H groups in total. The third kappa shape index (κ3) is 3.70. The van der Waals surface area contributed by atoms with Gasteiger partial charge in [0.2, 0.25) is 5.91 Å². The maximum atomic E-state index is 13.2. The van der Waals surface area contributed by atoms with E-state index < -0.39 is 6.04 Å². The van der Waals surface area contributed by atoms with Gasteiger partial charge in [-0.15, -0.1) is 0 Å². The maximum absolute atomic E-state index is 13.2. The summed E-state index contributed by atoms with van der Waals surface area (Å²) >= 11 is 0. The first-order chi connectivity index (χ1) is 14.5. The lowest BCUT2D eigenvalue weighted by atomic mass is 10.1. The van der Waals surface area contributed by atoms with Crippen LogP contribution in [0.3, 0.4) is 0 Å². The first kappa shape index (κ1) is 20.2. The van der Waals surface area contributed by atoms with Crippen molar-refractivity contribution in [3.05, 3.63) is 48.3 Å². The van der Waals surface area contributed by atoms with Crippen LogP contribution in [0.15, 0.2) is 42.5 Å². The summed E-state index contributed by atoms with van der Waals surface area (Å²) in [5.41, 5.74) is 1.38. The molecule has 0 saturated carbocycles. The van der Waals surface area contributed by atoms with Gasteiger partial charge in [0.15, 0.2) is 6.04 Å². The second-order valence-electron chi connectivity index (χ2n) is 7.48. The molecule has 2 fully saturated rings. The predicted octanol–water partition coefficient (Wildman–Crippen LogP) is 0.880. The Hall–Kier alpha value is -3.13. The molecule has 30 heavy (non-hydrogen) atoms. The Balaban J connectivity index is 1.48. The van der Waals surface area contributed by atoms with E-state index in [1.807, 2.05) is 0 Å². The molecule has 2 aliphatic rings. The molecule has 2 aliphatic heterocycles. The summed E-state index contributed by atoms with van der Waals surface area (Å²) in [6.07, 6.45) is 0.172. The van der Waals surface area contributed by atoms with Crippen LogP contribution in [0.25, 0.3) is 0 Å². The van der Waals surface area contributed by atoms with E-state index in [4.69, 9.17) is 9.47 Å². The molecule has 2 saturated heterocycles. The van der Waals surface area contributed by atoms with E-state index >= 15 is 0 Å². The maximum Gasteiger partial charge on any atom is 0.292 e. The SMILES string of the molecule is COc1ccc(OC)c(N2C(=O)C[C@@H]([NH+]3CCN(c4ccc(F)cc4)CC3)C2=O)c1. The number of hydrogen-bond acceptors (Lipinski definition) is 5. The van der Waals surface area contributed by atoms with Crippen LogP contribution in [0.5, 0.6) is 11.5 Å². The Labute approximate surface area is 174 Å². The van der Waals surface area contributed by atoms with E-state index in [2.05, 4.69) is 4.90 Å². The number of amides is 2. The van der Waals surface area contributed by atoms with Crippen LogP contribution < -0.4 is 24.2 Å². The highest BCUT2D eigenvalue weighted by atomic mass is 19.1. The van der Waals surface area contributed by atoms with E-state index in [0.29, 0.717) is 17.2 Å². The van der Waals surface area contributed by atoms with Gasteiger partial charge >= 0.3 is 0 Å². The Bertz CT molecular complexity index is 942. The summed E-state index contributed by atoms with van der Waals surface area (Å²) in [5, 5.41) is 0. The molecule has 0 aliphatic carbocycles. The minimum atomic E-state index is -0.413. The highest BCUT2D eigenvalue weighted by Crippen LogP contribution is 2.35. The molecular weight excluding hydrogens is 389 g/mol. The number of halogens is 1. The van der Waals surface area contributed by atoms with E-state index in [0.717, 1.165) is 36.8 Å². The van der Waals surface area contributed by atoms with Crippen molar-refractivity contribution in [2.24, 2.45) is 0 Å². The van der Waals surface area contributed by atoms with Gasteiger partial charge in [0, 0.05) is 11.8 Å². The van der Waals surface area contributed by atoms with Crippen LogP contribution in [0.2, 0.25) is 0 Å². The normalized spacial score (nSPS) is 20.0. The first-order valence-corrected chi connectivity index (χ1v) is 9.95. The van der Waals surface area contributed by atoms with Crippen molar-refractivity contribution in [1.82, 2.24) is 0 Å². The topological polar surface area (TPSA) is 63.5 Å². The van der Waals surface area contributed by atoms with Gasteiger partial charge in [-0.05, 0) is 36.4 Å². The standard InChI is InChI=1S/C22H24FN3O4/c1-29-17-7-8-20(30-2)18(13-17)26-21(27)14-19(22(26)28)25-11-9-24(10-12-25)16-5-3-15(23)4-6-16/h3-8,13,19H,9-12,14H2,1-2H3/p+1/t19-/m1/s1. The van der Waals surface area contributed by atoms with E-state index in [1.54, 1.807) is 30.3 Å². The zero-order valence-electron chi connectivity index (χ0n) is 17.1. The number of nitrogens with zero attached hydrogens (tertiary/aromatic N) is 2. The summed E-state index contributed by atoms with van der Waals surface area (Å²) in [6, 6.07) is 11.1. The molecule has 0 spiro atoms. The molecule has 2 aromatic carbocycles. The molecule has 1 atom stereocenters. The van der Waals surface area contributed by atoms with Gasteiger partial charge in [0.25, 0.3) is 5.91 Å². The number of imide groups is 1. The van der Waals surface area contributed by atoms with Crippen molar-refractivity contribution in [2.45, 2.75) is 12.5 Å². The molecule has 2 heterocycles. The summed E-state index contributed by atoms with van der Waals surface area (Å²) in [7, 11) is 3.04. The molecule has 8 heteroatoms. The lowest BCUT2D eigenvalue weighted by Crippen LogP contribution is -3.19. The Morgan fingerprint density at radius 3 is 2.33 bits per heavy atom. The number of piperazine rings is 1. The van der Waals surface area contributed by atoms with Crippen molar-refractivity contribution in [1.29, 1.82) is 0 Å². The molecule has 0 radical (unpaired) electrons. The van der Waals surface area contributed by atoms with Crippen molar-refractivity contribution in [2.75, 3.05) is 50.2 Å². The molecule has 2 amide bonds. The van der Waals surface area contributed by atoms with E-state index in [9.17, 15) is 14.0 Å². The van der Waals surface area contributed by atoms with Crippen molar-refractivity contribution in [3.63, 3.8) is 0 Å². The summed E-state index contributed by atoms with van der Waals surface area (Å²) in [6.45, 7) is 2.93. The highest BCUT2D eigenvalue weighted by molar-refractivity contribution is 6.22. The number of carbonyl (C=O) groups is 2. The highest BCUT2D eigenvalue weighted by Gasteiger charge is 2.47. The molecule has 0 aromatic heterocycles. The number of quaternary nitrogens is 1. The molecule has 0 unspecified atom stereocenters. The second kappa shape index (κ2) is 8.31. The average molecular weight is 414 g/mol. The molecule has 7 nitrogen and oxygen atoms in total. The molecular formula is C22H25FN3O4+. The number of anilines is 2. The zero-order chi connectivity index (χ0) is 21.3. The zero-order valence-corrected chi connectivity index (χ0v) is 17.1. The first-order valence-electron chi connectivity index (χ1n) is 9.95. The van der Waals surface area contributed by atoms with E-state index in [1.165, 1.54) is 31.3 Å². The fourth-order valence-electron chi connectivity index (χ4n) is 4.23. The van der Waals surface area contributed by atoms with Gasteiger partial charge < -0.3 is 19.3 Å². The number of rotatable bonds is 5. The summed E-state index contributed by atoms with van der Waals surface area (Å²) < 4.78 is 23.8. The largest absolute Gasteiger partial charge is 0.497 e. The third-order valence-electron chi connectivity index (χ3n) is 5.86. The van der Waals surface area contributed by atoms with Crippen LogP contribution in [0, 0.1) is 5.82 Å². The summed E-state index contributed by atoms with van der Waals surface area (Å²) in [5.74, 6) is 0.303. The Kier molecular flexibility index (Phi) is 5.59. The molecule has 4 rings (SSSR count). The van der Waals surface area contributed by atoms with Gasteiger partial charge in [-0.25, -0.2) is 9.29 Å². The average Bonchev–Trinajstić information content (AvgIpc) is 3.07. The van der Waals surface area contributed by atoms with Crippen LogP contribution in [-0.4, -0.2) is 58.3 Å². The van der Waals surface area contributed by atoms with Gasteiger partial charge in [-0.3, -0.25) is 9.59 Å². The second-order valence-corrected chi connectivity index (χ2v) is 7.48. The van der Waals surface area contributed by atoms with Crippen LogP contribution in [-0.2, 0) is 9.59 Å². The fourth-order valence-corrected chi connectivity index (χ4v) is 4.23. The van der Waals surface area contributed by atoms with Crippen LogP contribution in [0.1, 0.15) is 6.42 Å². The van der Waals surface area contributed by atoms with Crippen LogP contribution >= 0.6 is 0 Å². The Morgan fingerprint density at radius 2 is 1.70 bits per heavy atom.